The summed E-state index contributed by atoms with van der Waals surface area (Å²) in [5, 5.41) is 14.9. The van der Waals surface area contributed by atoms with Gasteiger partial charge in [0.05, 0.1) is 30.0 Å². The lowest BCUT2D eigenvalue weighted by atomic mass is 10.0. The van der Waals surface area contributed by atoms with Crippen molar-refractivity contribution in [1.82, 2.24) is 40.4 Å². The first-order chi connectivity index (χ1) is 20.2. The van der Waals surface area contributed by atoms with Crippen molar-refractivity contribution in [3.63, 3.8) is 0 Å². The van der Waals surface area contributed by atoms with Crippen LogP contribution in [-0.2, 0) is 33.9 Å². The summed E-state index contributed by atoms with van der Waals surface area (Å²) in [4.78, 5) is 62.6. The molecule has 5 rings (SSSR count). The van der Waals surface area contributed by atoms with Crippen molar-refractivity contribution in [3.8, 4) is 0 Å². The average molecular weight is 593 g/mol. The highest BCUT2D eigenvalue weighted by Crippen LogP contribution is 2.27. The Bertz CT molecular complexity index is 1450. The second-order valence-corrected chi connectivity index (χ2v) is 12.1. The quantitative estimate of drug-likeness (QED) is 0.469. The molecule has 2 N–H and O–H groups in total. The van der Waals surface area contributed by atoms with Crippen LogP contribution in [0.1, 0.15) is 64.2 Å². The van der Waals surface area contributed by atoms with Crippen molar-refractivity contribution in [2.45, 2.75) is 71.1 Å². The molecule has 0 radical (unpaired) electrons. The Morgan fingerprint density at radius 2 is 1.90 bits per heavy atom. The van der Waals surface area contributed by atoms with E-state index in [0.717, 1.165) is 10.6 Å². The van der Waals surface area contributed by atoms with E-state index in [1.807, 2.05) is 51.1 Å². The van der Waals surface area contributed by atoms with Gasteiger partial charge in [-0.3, -0.25) is 23.9 Å². The van der Waals surface area contributed by atoms with Crippen LogP contribution in [0, 0.1) is 6.92 Å². The number of hydrogen-bond donors (Lipinski definition) is 2. The van der Waals surface area contributed by atoms with Crippen LogP contribution in [0.15, 0.2) is 36.5 Å². The third kappa shape index (κ3) is 6.67. The Morgan fingerprint density at radius 1 is 1.12 bits per heavy atom. The van der Waals surface area contributed by atoms with Crippen molar-refractivity contribution >= 4 is 35.0 Å². The van der Waals surface area contributed by atoms with Gasteiger partial charge in [0.25, 0.3) is 5.91 Å². The SMILES string of the molecule is Cc1nc(C(C)C)sc1C(=O)N1CCN2C(=O)[C@H](Cc3ccccc3)NC(=O)CCCn3cc(nn3)CNC(=O)[C@H]2C1. The van der Waals surface area contributed by atoms with E-state index in [9.17, 15) is 19.2 Å². The van der Waals surface area contributed by atoms with E-state index in [1.54, 1.807) is 15.8 Å². The van der Waals surface area contributed by atoms with Gasteiger partial charge in [0.15, 0.2) is 0 Å². The lowest BCUT2D eigenvalue weighted by Crippen LogP contribution is -2.64. The third-order valence-electron chi connectivity index (χ3n) is 7.49. The van der Waals surface area contributed by atoms with E-state index in [1.165, 1.54) is 16.2 Å². The van der Waals surface area contributed by atoms with Crippen LogP contribution < -0.4 is 10.6 Å². The number of fused-ring (bicyclic) bond motifs is 3. The fraction of sp³-hybridized carbons (Fsp3) is 0.483. The van der Waals surface area contributed by atoms with Crippen LogP contribution in [-0.4, -0.2) is 85.1 Å². The van der Waals surface area contributed by atoms with Crippen molar-refractivity contribution in [2.24, 2.45) is 0 Å². The molecule has 1 fully saturated rings. The smallest absolute Gasteiger partial charge is 0.266 e. The van der Waals surface area contributed by atoms with Gasteiger partial charge in [-0.2, -0.15) is 0 Å². The molecule has 1 saturated heterocycles. The molecular weight excluding hydrogens is 556 g/mol. The van der Waals surface area contributed by atoms with E-state index >= 15 is 0 Å². The van der Waals surface area contributed by atoms with Crippen LogP contribution in [0.2, 0.25) is 0 Å². The van der Waals surface area contributed by atoms with Gasteiger partial charge in [0, 0.05) is 38.4 Å². The van der Waals surface area contributed by atoms with Gasteiger partial charge in [-0.15, -0.1) is 16.4 Å². The maximum atomic E-state index is 14.1. The van der Waals surface area contributed by atoms with Crippen molar-refractivity contribution in [1.29, 1.82) is 0 Å². The monoisotopic (exact) mass is 592 g/mol. The predicted molar refractivity (Wildman–Crippen MR) is 156 cm³/mol. The molecule has 4 heterocycles. The van der Waals surface area contributed by atoms with Crippen LogP contribution in [0.25, 0.3) is 0 Å². The maximum Gasteiger partial charge on any atom is 0.266 e. The van der Waals surface area contributed by atoms with Gasteiger partial charge in [0.2, 0.25) is 17.7 Å². The molecule has 222 valence electrons. The minimum absolute atomic E-state index is 0.0173. The Balaban J connectivity index is 1.44. The van der Waals surface area contributed by atoms with Crippen LogP contribution >= 0.6 is 11.3 Å². The number of hydrogen-bond acceptors (Lipinski definition) is 8. The number of nitrogens with zero attached hydrogens (tertiary/aromatic N) is 6. The first-order valence-corrected chi connectivity index (χ1v) is 15.1. The molecule has 42 heavy (non-hydrogen) atoms. The van der Waals surface area contributed by atoms with Gasteiger partial charge in [0.1, 0.15) is 22.7 Å². The summed E-state index contributed by atoms with van der Waals surface area (Å²) in [6, 6.07) is 7.64. The highest BCUT2D eigenvalue weighted by Gasteiger charge is 2.40. The zero-order chi connectivity index (χ0) is 29.8. The highest BCUT2D eigenvalue weighted by atomic mass is 32.1. The largest absolute Gasteiger partial charge is 0.348 e. The summed E-state index contributed by atoms with van der Waals surface area (Å²) < 4.78 is 1.64. The molecule has 3 aromatic rings. The van der Waals surface area contributed by atoms with E-state index in [0.29, 0.717) is 29.2 Å². The molecular formula is C29H36N8O4S. The third-order valence-corrected chi connectivity index (χ3v) is 8.94. The number of aryl methyl sites for hydroxylation is 2. The van der Waals surface area contributed by atoms with E-state index in [2.05, 4.69) is 25.9 Å². The molecule has 0 saturated carbocycles. The molecule has 2 bridgehead atoms. The molecule has 0 spiro atoms. The molecule has 12 nitrogen and oxygen atoms in total. The van der Waals surface area contributed by atoms with Crippen molar-refractivity contribution < 1.29 is 19.2 Å². The van der Waals surface area contributed by atoms with Crippen molar-refractivity contribution in [2.75, 3.05) is 19.6 Å². The number of carbonyl (C=O) groups excluding carboxylic acids is 4. The Kier molecular flexibility index (Phi) is 8.95. The second-order valence-electron chi connectivity index (χ2n) is 11.0. The fourth-order valence-electron chi connectivity index (χ4n) is 5.20. The lowest BCUT2D eigenvalue weighted by Gasteiger charge is -2.41. The number of rotatable bonds is 4. The Morgan fingerprint density at radius 3 is 2.64 bits per heavy atom. The zero-order valence-electron chi connectivity index (χ0n) is 24.1. The van der Waals surface area contributed by atoms with Gasteiger partial charge < -0.3 is 20.4 Å². The van der Waals surface area contributed by atoms with Gasteiger partial charge in [-0.25, -0.2) is 4.98 Å². The number of nitrogens with one attached hydrogen (secondary N) is 2. The number of carbonyl (C=O) groups is 4. The first-order valence-electron chi connectivity index (χ1n) is 14.3. The van der Waals surface area contributed by atoms with E-state index in [4.69, 9.17) is 0 Å². The minimum atomic E-state index is -0.955. The molecule has 13 heteroatoms. The molecule has 2 aliphatic rings. The van der Waals surface area contributed by atoms with Gasteiger partial charge in [-0.05, 0) is 18.9 Å². The number of benzene rings is 1. The fourth-order valence-corrected chi connectivity index (χ4v) is 6.24. The molecule has 1 aromatic carbocycles. The van der Waals surface area contributed by atoms with E-state index < -0.39 is 18.0 Å². The lowest BCUT2D eigenvalue weighted by molar-refractivity contribution is -0.146. The number of thiazole rings is 1. The number of piperazine rings is 1. The molecule has 2 atom stereocenters. The molecule has 2 aromatic heterocycles. The second kappa shape index (κ2) is 12.8. The zero-order valence-corrected chi connectivity index (χ0v) is 24.9. The normalized spacial score (nSPS) is 20.4. The Labute approximate surface area is 248 Å². The van der Waals surface area contributed by atoms with Crippen LogP contribution in [0.3, 0.4) is 0 Å². The minimum Gasteiger partial charge on any atom is -0.348 e. The summed E-state index contributed by atoms with van der Waals surface area (Å²) >= 11 is 1.37. The maximum absolute atomic E-state index is 14.1. The Hall–Kier alpha value is -4.13. The van der Waals surface area contributed by atoms with Crippen LogP contribution in [0.5, 0.6) is 0 Å². The molecule has 4 amide bonds. The number of amides is 4. The predicted octanol–water partition coefficient (Wildman–Crippen LogP) is 1.66. The first kappa shape index (κ1) is 29.4. The summed E-state index contributed by atoms with van der Waals surface area (Å²) in [6.45, 7) is 6.90. The molecule has 0 aliphatic carbocycles. The van der Waals surface area contributed by atoms with Crippen molar-refractivity contribution in [3.05, 3.63) is 63.4 Å². The highest BCUT2D eigenvalue weighted by molar-refractivity contribution is 7.13. The van der Waals surface area contributed by atoms with Crippen LogP contribution in [0.4, 0.5) is 0 Å². The standard InChI is InChI=1S/C29H36N8O4S/c1-18(2)27-31-19(3)25(42-27)29(41)35-12-13-37-23(17-35)26(39)30-15-21-16-36(34-33-21)11-7-10-24(38)32-22(28(37)40)14-20-8-5-4-6-9-20/h4-6,8-9,16,18,22-23H,7,10-15,17H2,1-3H3,(H,30,39)(H,32,38)/t22-,23+/m0/s1. The number of aromatic nitrogens is 4. The van der Waals surface area contributed by atoms with Gasteiger partial charge in [-0.1, -0.05) is 49.4 Å². The topological polar surface area (TPSA) is 142 Å². The molecule has 0 unspecified atom stereocenters. The van der Waals surface area contributed by atoms with E-state index in [-0.39, 0.29) is 62.7 Å². The van der Waals surface area contributed by atoms with Gasteiger partial charge >= 0.3 is 0 Å². The summed E-state index contributed by atoms with van der Waals surface area (Å²) in [7, 11) is 0. The molecule has 2 aliphatic heterocycles. The summed E-state index contributed by atoms with van der Waals surface area (Å²) in [5.41, 5.74) is 2.11. The average Bonchev–Trinajstić information content (AvgIpc) is 3.61. The summed E-state index contributed by atoms with van der Waals surface area (Å²) in [5.74, 6) is -1.02. The summed E-state index contributed by atoms with van der Waals surface area (Å²) in [6.07, 6.45) is 2.74.